The molecule has 0 unspecified atom stereocenters. The molecule has 0 saturated carbocycles. The van der Waals surface area contributed by atoms with E-state index in [1.54, 1.807) is 17.6 Å². The topological polar surface area (TPSA) is 54.4 Å². The summed E-state index contributed by atoms with van der Waals surface area (Å²) in [5.74, 6) is -0.255. The maximum Gasteiger partial charge on any atom is 0.272 e. The number of rotatable bonds is 4. The van der Waals surface area contributed by atoms with Gasteiger partial charge in [0, 0.05) is 15.8 Å². The first-order chi connectivity index (χ1) is 13.2. The molecule has 4 nitrogen and oxygen atoms in total. The van der Waals surface area contributed by atoms with Crippen molar-refractivity contribution in [2.24, 2.45) is 5.10 Å². The van der Waals surface area contributed by atoms with E-state index in [4.69, 9.17) is 4.98 Å². The molecule has 5 heteroatoms. The van der Waals surface area contributed by atoms with Crippen LogP contribution in [0.25, 0.3) is 22.2 Å². The van der Waals surface area contributed by atoms with Crippen molar-refractivity contribution in [3.05, 3.63) is 88.1 Å². The van der Waals surface area contributed by atoms with Crippen molar-refractivity contribution < 1.29 is 4.79 Å². The number of carbonyl (C=O) groups excluding carboxylic acids is 1. The number of para-hydroxylation sites is 1. The van der Waals surface area contributed by atoms with Gasteiger partial charge >= 0.3 is 0 Å². The van der Waals surface area contributed by atoms with Crippen LogP contribution in [0.15, 0.2) is 77.2 Å². The molecule has 0 aliphatic rings. The van der Waals surface area contributed by atoms with Crippen LogP contribution in [0.5, 0.6) is 0 Å². The van der Waals surface area contributed by atoms with Gasteiger partial charge in [-0.2, -0.15) is 5.10 Å². The Morgan fingerprint density at radius 2 is 1.89 bits per heavy atom. The molecule has 4 rings (SSSR count). The predicted octanol–water partition coefficient (Wildman–Crippen LogP) is 5.04. The summed E-state index contributed by atoms with van der Waals surface area (Å²) >= 11 is 1.56. The molecule has 1 N–H and O–H groups in total. The Labute approximate surface area is 161 Å². The number of hydrazone groups is 1. The molecule has 2 aromatic carbocycles. The van der Waals surface area contributed by atoms with Gasteiger partial charge in [-0.15, -0.1) is 11.3 Å². The zero-order valence-electron chi connectivity index (χ0n) is 14.7. The lowest BCUT2D eigenvalue weighted by Gasteiger charge is -2.09. The van der Waals surface area contributed by atoms with Crippen LogP contribution in [-0.2, 0) is 0 Å². The van der Waals surface area contributed by atoms with Crippen LogP contribution in [0.4, 0.5) is 0 Å². The second kappa shape index (κ2) is 7.51. The van der Waals surface area contributed by atoms with E-state index in [0.29, 0.717) is 5.56 Å². The first kappa shape index (κ1) is 17.1. The van der Waals surface area contributed by atoms with Gasteiger partial charge in [0.05, 0.1) is 23.0 Å². The lowest BCUT2D eigenvalue weighted by atomic mass is 10.0. The minimum Gasteiger partial charge on any atom is -0.267 e. The van der Waals surface area contributed by atoms with E-state index in [9.17, 15) is 4.79 Å². The number of pyridine rings is 1. The third-order valence-corrected chi connectivity index (χ3v) is 5.02. The smallest absolute Gasteiger partial charge is 0.267 e. The van der Waals surface area contributed by atoms with Crippen molar-refractivity contribution in [3.8, 4) is 11.3 Å². The van der Waals surface area contributed by atoms with Gasteiger partial charge in [0.2, 0.25) is 0 Å². The van der Waals surface area contributed by atoms with Crippen LogP contribution in [0.2, 0.25) is 0 Å². The maximum absolute atomic E-state index is 12.8. The first-order valence-corrected chi connectivity index (χ1v) is 9.42. The van der Waals surface area contributed by atoms with Crippen molar-refractivity contribution in [1.82, 2.24) is 10.4 Å². The summed E-state index contributed by atoms with van der Waals surface area (Å²) in [6.45, 7) is 2.04. The second-order valence-electron chi connectivity index (χ2n) is 6.15. The molecule has 1 amide bonds. The zero-order valence-corrected chi connectivity index (χ0v) is 15.5. The fraction of sp³-hybridized carbons (Fsp3) is 0.0455. The molecule has 0 saturated heterocycles. The molecule has 27 heavy (non-hydrogen) atoms. The Morgan fingerprint density at radius 3 is 2.67 bits per heavy atom. The molecule has 132 valence electrons. The Bertz CT molecular complexity index is 1120. The number of fused-ring (bicyclic) bond motifs is 1. The summed E-state index contributed by atoms with van der Waals surface area (Å²) in [7, 11) is 0. The van der Waals surface area contributed by atoms with Gasteiger partial charge in [-0.25, -0.2) is 10.4 Å². The SMILES string of the molecule is Cc1ccc(-c2cc(C(=O)NN=Cc3cccs3)c3ccccc3n2)cc1. The number of thiophene rings is 1. The van der Waals surface area contributed by atoms with E-state index >= 15 is 0 Å². The summed E-state index contributed by atoms with van der Waals surface area (Å²) in [5, 5.41) is 6.85. The van der Waals surface area contributed by atoms with Crippen LogP contribution < -0.4 is 5.43 Å². The number of carbonyl (C=O) groups is 1. The number of nitrogens with zero attached hydrogens (tertiary/aromatic N) is 2. The van der Waals surface area contributed by atoms with E-state index in [1.165, 1.54) is 5.56 Å². The van der Waals surface area contributed by atoms with Crippen LogP contribution in [0.3, 0.4) is 0 Å². The summed E-state index contributed by atoms with van der Waals surface area (Å²) < 4.78 is 0. The van der Waals surface area contributed by atoms with E-state index in [-0.39, 0.29) is 5.91 Å². The summed E-state index contributed by atoms with van der Waals surface area (Å²) in [6, 6.07) is 21.5. The summed E-state index contributed by atoms with van der Waals surface area (Å²) in [4.78, 5) is 18.5. The highest BCUT2D eigenvalue weighted by molar-refractivity contribution is 7.11. The number of hydrogen-bond acceptors (Lipinski definition) is 4. The standard InChI is InChI=1S/C22H17N3OS/c1-15-8-10-16(11-9-15)21-13-19(18-6-2-3-7-20(18)24-21)22(26)25-23-14-17-5-4-12-27-17/h2-14H,1H3,(H,25,26). The monoisotopic (exact) mass is 371 g/mol. The largest absolute Gasteiger partial charge is 0.272 e. The highest BCUT2D eigenvalue weighted by Crippen LogP contribution is 2.25. The second-order valence-corrected chi connectivity index (χ2v) is 7.13. The molecule has 0 bridgehead atoms. The Hall–Kier alpha value is -3.31. The number of amides is 1. The van der Waals surface area contributed by atoms with E-state index in [1.807, 2.05) is 79.0 Å². The molecule has 0 fully saturated rings. The fourth-order valence-electron chi connectivity index (χ4n) is 2.81. The van der Waals surface area contributed by atoms with Gasteiger partial charge in [0.15, 0.2) is 0 Å². The Morgan fingerprint density at radius 1 is 1.07 bits per heavy atom. The van der Waals surface area contributed by atoms with Gasteiger partial charge in [0.25, 0.3) is 5.91 Å². The van der Waals surface area contributed by atoms with Gasteiger partial charge in [-0.1, -0.05) is 54.1 Å². The van der Waals surface area contributed by atoms with Gasteiger partial charge < -0.3 is 0 Å². The average Bonchev–Trinajstić information content (AvgIpc) is 3.21. The van der Waals surface area contributed by atoms with Crippen molar-refractivity contribution in [2.45, 2.75) is 6.92 Å². The fourth-order valence-corrected chi connectivity index (χ4v) is 3.40. The van der Waals surface area contributed by atoms with Gasteiger partial charge in [-0.3, -0.25) is 4.79 Å². The molecule has 0 spiro atoms. The number of hydrogen-bond donors (Lipinski definition) is 1. The molecule has 0 radical (unpaired) electrons. The normalized spacial score (nSPS) is 11.1. The zero-order chi connectivity index (χ0) is 18.6. The molecule has 0 aliphatic heterocycles. The van der Waals surface area contributed by atoms with Crippen molar-refractivity contribution in [1.29, 1.82) is 0 Å². The van der Waals surface area contributed by atoms with E-state index in [0.717, 1.165) is 27.0 Å². The molecular formula is C22H17N3OS. The van der Waals surface area contributed by atoms with Crippen molar-refractivity contribution in [3.63, 3.8) is 0 Å². The Balaban J connectivity index is 1.71. The van der Waals surface area contributed by atoms with Crippen LogP contribution in [0.1, 0.15) is 20.8 Å². The van der Waals surface area contributed by atoms with Crippen LogP contribution in [-0.4, -0.2) is 17.1 Å². The van der Waals surface area contributed by atoms with Gasteiger partial charge in [0.1, 0.15) is 0 Å². The minimum absolute atomic E-state index is 0.255. The average molecular weight is 371 g/mol. The lowest BCUT2D eigenvalue weighted by molar-refractivity contribution is 0.0957. The molecule has 2 heterocycles. The predicted molar refractivity (Wildman–Crippen MR) is 111 cm³/mol. The third-order valence-electron chi connectivity index (χ3n) is 4.21. The Kier molecular flexibility index (Phi) is 4.77. The van der Waals surface area contributed by atoms with Crippen molar-refractivity contribution in [2.75, 3.05) is 0 Å². The highest BCUT2D eigenvalue weighted by Gasteiger charge is 2.13. The minimum atomic E-state index is -0.255. The summed E-state index contributed by atoms with van der Waals surface area (Å²) in [6.07, 6.45) is 1.65. The quantitative estimate of drug-likeness (QED) is 0.404. The van der Waals surface area contributed by atoms with E-state index < -0.39 is 0 Å². The number of benzene rings is 2. The lowest BCUT2D eigenvalue weighted by Crippen LogP contribution is -2.18. The van der Waals surface area contributed by atoms with Crippen molar-refractivity contribution >= 4 is 34.4 Å². The molecule has 0 atom stereocenters. The number of aromatic nitrogens is 1. The molecule has 2 aromatic heterocycles. The molecule has 4 aromatic rings. The highest BCUT2D eigenvalue weighted by atomic mass is 32.1. The third kappa shape index (κ3) is 3.78. The maximum atomic E-state index is 12.8. The number of nitrogens with one attached hydrogen (secondary N) is 1. The molecular weight excluding hydrogens is 354 g/mol. The van der Waals surface area contributed by atoms with E-state index in [2.05, 4.69) is 10.5 Å². The van der Waals surface area contributed by atoms with Gasteiger partial charge in [-0.05, 0) is 30.5 Å². The summed E-state index contributed by atoms with van der Waals surface area (Å²) in [5.41, 5.74) is 6.88. The molecule has 0 aliphatic carbocycles. The first-order valence-electron chi connectivity index (χ1n) is 8.54. The van der Waals surface area contributed by atoms with Crippen LogP contribution in [0, 0.1) is 6.92 Å². The van der Waals surface area contributed by atoms with Crippen LogP contribution >= 0.6 is 11.3 Å². The number of aryl methyl sites for hydroxylation is 1.